The Morgan fingerprint density at radius 1 is 1.29 bits per heavy atom. The molecule has 88 valence electrons. The van der Waals surface area contributed by atoms with Crippen LogP contribution in [0.3, 0.4) is 0 Å². The first kappa shape index (κ1) is 11.4. The fourth-order valence-corrected chi connectivity index (χ4v) is 1.69. The number of carbonyl (C=O) groups excluding carboxylic acids is 1. The summed E-state index contributed by atoms with van der Waals surface area (Å²) in [4.78, 5) is 22.4. The summed E-state index contributed by atoms with van der Waals surface area (Å²) in [5, 5.41) is 9.43. The summed E-state index contributed by atoms with van der Waals surface area (Å²) in [5.74, 6) is -1.16. The largest absolute Gasteiger partial charge is 0.475 e. The van der Waals surface area contributed by atoms with Crippen LogP contribution in [0.15, 0.2) is 28.7 Å². The molecule has 0 aliphatic rings. The molecule has 0 amide bonds. The first-order valence-corrected chi connectivity index (χ1v) is 5.42. The number of carbonyl (C=O) groups is 2. The van der Waals surface area contributed by atoms with Crippen LogP contribution < -0.4 is 0 Å². The molecular weight excluding hydrogens is 220 g/mol. The van der Waals surface area contributed by atoms with Gasteiger partial charge in [0.05, 0.1) is 0 Å². The molecular formula is C13H12O4. The summed E-state index contributed by atoms with van der Waals surface area (Å²) in [6, 6.07) is 6.39. The van der Waals surface area contributed by atoms with Crippen LogP contribution in [0.4, 0.5) is 0 Å². The van der Waals surface area contributed by atoms with Gasteiger partial charge in [0.15, 0.2) is 5.78 Å². The monoisotopic (exact) mass is 232 g/mol. The summed E-state index contributed by atoms with van der Waals surface area (Å²) < 4.78 is 5.11. The van der Waals surface area contributed by atoms with Gasteiger partial charge in [0.25, 0.3) is 0 Å². The van der Waals surface area contributed by atoms with Crippen molar-refractivity contribution >= 4 is 22.7 Å². The van der Waals surface area contributed by atoms with Crippen molar-refractivity contribution in [2.24, 2.45) is 0 Å². The summed E-state index contributed by atoms with van der Waals surface area (Å²) in [7, 11) is 0. The molecule has 2 rings (SSSR count). The second-order valence-electron chi connectivity index (χ2n) is 3.84. The van der Waals surface area contributed by atoms with Gasteiger partial charge in [-0.2, -0.15) is 0 Å². The first-order chi connectivity index (χ1) is 8.11. The van der Waals surface area contributed by atoms with Gasteiger partial charge < -0.3 is 9.52 Å². The van der Waals surface area contributed by atoms with Crippen LogP contribution >= 0.6 is 0 Å². The van der Waals surface area contributed by atoms with Gasteiger partial charge in [-0.15, -0.1) is 0 Å². The summed E-state index contributed by atoms with van der Waals surface area (Å²) >= 11 is 0. The van der Waals surface area contributed by atoms with Crippen molar-refractivity contribution in [2.45, 2.75) is 19.8 Å². The minimum absolute atomic E-state index is 0.0625. The minimum atomic E-state index is -1.11. The van der Waals surface area contributed by atoms with E-state index in [0.29, 0.717) is 23.0 Å². The standard InChI is InChI=1S/C13H12O4/c1-2-3-10(14)8-4-5-11-9(6-8)7-12(17-11)13(15)16/h4-7H,2-3H2,1H3,(H,15,16). The van der Waals surface area contributed by atoms with Gasteiger partial charge in [-0.1, -0.05) is 6.92 Å². The van der Waals surface area contributed by atoms with E-state index in [1.807, 2.05) is 6.92 Å². The average molecular weight is 232 g/mol. The number of fused-ring (bicyclic) bond motifs is 1. The summed E-state index contributed by atoms with van der Waals surface area (Å²) in [6.45, 7) is 1.94. The van der Waals surface area contributed by atoms with E-state index in [0.717, 1.165) is 6.42 Å². The molecule has 4 nitrogen and oxygen atoms in total. The van der Waals surface area contributed by atoms with Crippen LogP contribution in [-0.2, 0) is 0 Å². The lowest BCUT2D eigenvalue weighted by Crippen LogP contribution is -1.96. The number of hydrogen-bond acceptors (Lipinski definition) is 3. The number of rotatable bonds is 4. The van der Waals surface area contributed by atoms with Crippen molar-refractivity contribution in [3.8, 4) is 0 Å². The molecule has 0 radical (unpaired) electrons. The van der Waals surface area contributed by atoms with Crippen LogP contribution in [0.25, 0.3) is 11.0 Å². The zero-order valence-corrected chi connectivity index (χ0v) is 9.40. The predicted molar refractivity (Wildman–Crippen MR) is 62.4 cm³/mol. The van der Waals surface area contributed by atoms with Gasteiger partial charge in [0.1, 0.15) is 5.58 Å². The maximum atomic E-state index is 11.7. The lowest BCUT2D eigenvalue weighted by atomic mass is 10.1. The van der Waals surface area contributed by atoms with Crippen molar-refractivity contribution in [3.05, 3.63) is 35.6 Å². The molecule has 1 aromatic carbocycles. The molecule has 0 saturated carbocycles. The van der Waals surface area contributed by atoms with Gasteiger partial charge in [-0.05, 0) is 30.7 Å². The molecule has 0 bridgehead atoms. The smallest absolute Gasteiger partial charge is 0.371 e. The van der Waals surface area contributed by atoms with E-state index in [2.05, 4.69) is 0 Å². The zero-order chi connectivity index (χ0) is 12.4. The SMILES string of the molecule is CCCC(=O)c1ccc2oc(C(=O)O)cc2c1. The molecule has 17 heavy (non-hydrogen) atoms. The van der Waals surface area contributed by atoms with Gasteiger partial charge in [0.2, 0.25) is 5.76 Å². The second kappa shape index (κ2) is 4.41. The number of benzene rings is 1. The van der Waals surface area contributed by atoms with E-state index in [9.17, 15) is 9.59 Å². The van der Waals surface area contributed by atoms with Gasteiger partial charge >= 0.3 is 5.97 Å². The number of furan rings is 1. The van der Waals surface area contributed by atoms with Crippen LogP contribution in [0.2, 0.25) is 0 Å². The van der Waals surface area contributed by atoms with E-state index >= 15 is 0 Å². The Morgan fingerprint density at radius 2 is 2.06 bits per heavy atom. The number of ketones is 1. The van der Waals surface area contributed by atoms with Gasteiger partial charge in [-0.3, -0.25) is 4.79 Å². The fourth-order valence-electron chi connectivity index (χ4n) is 1.69. The van der Waals surface area contributed by atoms with Crippen LogP contribution in [0.1, 0.15) is 40.7 Å². The number of carboxylic acids is 1. The minimum Gasteiger partial charge on any atom is -0.475 e. The maximum Gasteiger partial charge on any atom is 0.371 e. The Hall–Kier alpha value is -2.10. The molecule has 1 heterocycles. The van der Waals surface area contributed by atoms with E-state index in [1.54, 1.807) is 18.2 Å². The van der Waals surface area contributed by atoms with E-state index in [-0.39, 0.29) is 11.5 Å². The van der Waals surface area contributed by atoms with E-state index < -0.39 is 5.97 Å². The molecule has 1 aromatic heterocycles. The van der Waals surface area contributed by atoms with Crippen molar-refractivity contribution in [2.75, 3.05) is 0 Å². The molecule has 0 spiro atoms. The first-order valence-electron chi connectivity index (χ1n) is 5.42. The summed E-state index contributed by atoms with van der Waals surface area (Å²) in [6.07, 6.45) is 1.29. The van der Waals surface area contributed by atoms with E-state index in [4.69, 9.17) is 9.52 Å². The molecule has 2 aromatic rings. The van der Waals surface area contributed by atoms with Crippen LogP contribution in [-0.4, -0.2) is 16.9 Å². The highest BCUT2D eigenvalue weighted by Crippen LogP contribution is 2.21. The third-order valence-corrected chi connectivity index (χ3v) is 2.53. The molecule has 0 aliphatic carbocycles. The molecule has 1 N–H and O–H groups in total. The third-order valence-electron chi connectivity index (χ3n) is 2.53. The highest BCUT2D eigenvalue weighted by Gasteiger charge is 2.12. The topological polar surface area (TPSA) is 67.5 Å². The van der Waals surface area contributed by atoms with Crippen LogP contribution in [0, 0.1) is 0 Å². The van der Waals surface area contributed by atoms with Gasteiger partial charge in [0, 0.05) is 17.4 Å². The Bertz CT molecular complexity index is 580. The zero-order valence-electron chi connectivity index (χ0n) is 9.40. The molecule has 4 heteroatoms. The molecule has 0 aliphatic heterocycles. The Labute approximate surface area is 97.8 Å². The fraction of sp³-hybridized carbons (Fsp3) is 0.231. The number of aromatic carboxylic acids is 1. The molecule has 0 saturated heterocycles. The average Bonchev–Trinajstić information content (AvgIpc) is 2.71. The Morgan fingerprint density at radius 3 is 2.71 bits per heavy atom. The normalized spacial score (nSPS) is 10.6. The number of Topliss-reactive ketones (excluding diaryl/α,β-unsaturated/α-hetero) is 1. The molecule has 0 unspecified atom stereocenters. The number of carboxylic acid groups (broad SMARTS) is 1. The van der Waals surface area contributed by atoms with E-state index in [1.165, 1.54) is 6.07 Å². The Balaban J connectivity index is 2.43. The predicted octanol–water partition coefficient (Wildman–Crippen LogP) is 3.11. The lowest BCUT2D eigenvalue weighted by molar-refractivity contribution is 0.0664. The lowest BCUT2D eigenvalue weighted by Gasteiger charge is -1.98. The maximum absolute atomic E-state index is 11.7. The van der Waals surface area contributed by atoms with Crippen molar-refractivity contribution in [1.82, 2.24) is 0 Å². The van der Waals surface area contributed by atoms with Crippen molar-refractivity contribution < 1.29 is 19.1 Å². The van der Waals surface area contributed by atoms with Gasteiger partial charge in [-0.25, -0.2) is 4.79 Å². The number of hydrogen-bond donors (Lipinski definition) is 1. The van der Waals surface area contributed by atoms with Crippen LogP contribution in [0.5, 0.6) is 0 Å². The van der Waals surface area contributed by atoms with Crippen molar-refractivity contribution in [3.63, 3.8) is 0 Å². The highest BCUT2D eigenvalue weighted by molar-refractivity contribution is 6.00. The highest BCUT2D eigenvalue weighted by atomic mass is 16.4. The second-order valence-corrected chi connectivity index (χ2v) is 3.84. The Kier molecular flexibility index (Phi) is 2.95. The van der Waals surface area contributed by atoms with Crippen molar-refractivity contribution in [1.29, 1.82) is 0 Å². The summed E-state index contributed by atoms with van der Waals surface area (Å²) in [5.41, 5.74) is 1.08. The molecule has 0 fully saturated rings. The molecule has 0 atom stereocenters. The third kappa shape index (κ3) is 2.20. The quantitative estimate of drug-likeness (QED) is 0.822.